The zero-order valence-corrected chi connectivity index (χ0v) is 25.2. The predicted molar refractivity (Wildman–Crippen MR) is 168 cm³/mol. The van der Waals surface area contributed by atoms with Crippen LogP contribution in [0.1, 0.15) is 96.5 Å². The fraction of sp³-hybridized carbons (Fsp3) is 0.474. The van der Waals surface area contributed by atoms with Gasteiger partial charge in [0, 0.05) is 11.1 Å². The van der Waals surface area contributed by atoms with Crippen molar-refractivity contribution in [1.29, 1.82) is 0 Å². The van der Waals surface area contributed by atoms with Crippen molar-refractivity contribution in [1.82, 2.24) is 0 Å². The van der Waals surface area contributed by atoms with Crippen LogP contribution in [0.25, 0.3) is 27.8 Å². The zero-order valence-electron chi connectivity index (χ0n) is 25.2. The van der Waals surface area contributed by atoms with Crippen molar-refractivity contribution in [3.63, 3.8) is 0 Å². The highest BCUT2D eigenvalue weighted by Gasteiger charge is 2.29. The van der Waals surface area contributed by atoms with E-state index in [1.807, 2.05) is 31.2 Å². The first-order valence-electron chi connectivity index (χ1n) is 16.2. The van der Waals surface area contributed by atoms with Crippen LogP contribution in [-0.2, 0) is 0 Å². The van der Waals surface area contributed by atoms with Crippen LogP contribution in [0.2, 0.25) is 0 Å². The molecular weight excluding hydrogens is 529 g/mol. The molecule has 0 bridgehead atoms. The Morgan fingerprint density at radius 2 is 1.40 bits per heavy atom. The van der Waals surface area contributed by atoms with Crippen molar-refractivity contribution in [3.8, 4) is 28.0 Å². The number of hydrogen-bond donors (Lipinski definition) is 0. The van der Waals surface area contributed by atoms with Crippen LogP contribution in [0, 0.1) is 35.2 Å². The first kappa shape index (κ1) is 30.4. The van der Waals surface area contributed by atoms with Gasteiger partial charge in [0.05, 0.1) is 6.61 Å². The molecule has 0 amide bonds. The van der Waals surface area contributed by atoms with E-state index >= 15 is 4.39 Å². The summed E-state index contributed by atoms with van der Waals surface area (Å²) in [5.41, 5.74) is 4.16. The number of benzene rings is 3. The Bertz CT molecular complexity index is 1350. The van der Waals surface area contributed by atoms with Gasteiger partial charge >= 0.3 is 0 Å². The summed E-state index contributed by atoms with van der Waals surface area (Å²) in [5, 5.41) is 0. The Morgan fingerprint density at radius 1 is 0.690 bits per heavy atom. The molecule has 0 saturated heterocycles. The molecule has 2 aliphatic carbocycles. The standard InChI is InChI=1S/C38H45F3O/c1-3-5-6-7-26-8-10-27(11-9-26)28-12-16-30(17-13-28)33-21-20-32(25-35(33)39)29-14-18-31(19-15-29)34-22-23-36(42-24-4-2)38(41)37(34)40/h14-16,18-23,25-28H,3-13,17,24H2,1-2H3. The van der Waals surface area contributed by atoms with Crippen molar-refractivity contribution in [2.75, 3.05) is 6.61 Å². The maximum atomic E-state index is 15.4. The molecular formula is C38H45F3O. The molecule has 2 aliphatic rings. The molecule has 1 atom stereocenters. The van der Waals surface area contributed by atoms with E-state index in [0.29, 0.717) is 24.2 Å². The lowest BCUT2D eigenvalue weighted by Crippen LogP contribution is -2.23. The summed E-state index contributed by atoms with van der Waals surface area (Å²) in [5.74, 6) is 0.328. The molecule has 0 heterocycles. The third kappa shape index (κ3) is 7.13. The lowest BCUT2D eigenvalue weighted by atomic mass is 9.70. The van der Waals surface area contributed by atoms with E-state index in [9.17, 15) is 8.78 Å². The van der Waals surface area contributed by atoms with Crippen molar-refractivity contribution < 1.29 is 17.9 Å². The van der Waals surface area contributed by atoms with Gasteiger partial charge in [0.1, 0.15) is 5.82 Å². The van der Waals surface area contributed by atoms with Gasteiger partial charge in [-0.2, -0.15) is 4.39 Å². The summed E-state index contributed by atoms with van der Waals surface area (Å²) in [6.45, 7) is 4.52. The summed E-state index contributed by atoms with van der Waals surface area (Å²) in [7, 11) is 0. The van der Waals surface area contributed by atoms with Gasteiger partial charge in [-0.25, -0.2) is 8.78 Å². The predicted octanol–water partition coefficient (Wildman–Crippen LogP) is 11.8. The monoisotopic (exact) mass is 574 g/mol. The first-order chi connectivity index (χ1) is 20.5. The largest absolute Gasteiger partial charge is 0.490 e. The molecule has 1 saturated carbocycles. The zero-order chi connectivity index (χ0) is 29.5. The lowest BCUT2D eigenvalue weighted by Gasteiger charge is -2.35. The normalized spacial score (nSPS) is 20.8. The molecule has 1 unspecified atom stereocenters. The number of ether oxygens (including phenoxy) is 1. The fourth-order valence-corrected chi connectivity index (χ4v) is 7.03. The maximum absolute atomic E-state index is 15.4. The van der Waals surface area contributed by atoms with Crippen LogP contribution in [0.5, 0.6) is 5.75 Å². The molecule has 1 fully saturated rings. The molecule has 0 radical (unpaired) electrons. The Morgan fingerprint density at radius 3 is 2.07 bits per heavy atom. The van der Waals surface area contributed by atoms with Crippen LogP contribution < -0.4 is 4.74 Å². The SMILES string of the molecule is CCCCCC1CCC(C2CC=C(c3ccc(-c4ccc(-c5ccc(OCCC)c(F)c5F)cc4)cc3F)CC2)CC1. The van der Waals surface area contributed by atoms with E-state index in [2.05, 4.69) is 13.0 Å². The van der Waals surface area contributed by atoms with Crippen molar-refractivity contribution in [2.45, 2.75) is 90.9 Å². The minimum atomic E-state index is -0.976. The van der Waals surface area contributed by atoms with E-state index in [-0.39, 0.29) is 17.1 Å². The highest BCUT2D eigenvalue weighted by molar-refractivity contribution is 5.74. The molecule has 42 heavy (non-hydrogen) atoms. The molecule has 224 valence electrons. The minimum Gasteiger partial charge on any atom is -0.490 e. The van der Waals surface area contributed by atoms with Crippen LogP contribution in [0.15, 0.2) is 60.7 Å². The molecule has 0 aromatic heterocycles. The summed E-state index contributed by atoms with van der Waals surface area (Å²) >= 11 is 0. The summed E-state index contributed by atoms with van der Waals surface area (Å²) in [4.78, 5) is 0. The van der Waals surface area contributed by atoms with E-state index in [1.54, 1.807) is 18.2 Å². The highest BCUT2D eigenvalue weighted by atomic mass is 19.2. The van der Waals surface area contributed by atoms with Gasteiger partial charge in [-0.3, -0.25) is 0 Å². The van der Waals surface area contributed by atoms with Crippen LogP contribution in [0.4, 0.5) is 13.2 Å². The molecule has 3 aromatic carbocycles. The van der Waals surface area contributed by atoms with Crippen molar-refractivity contribution >= 4 is 5.57 Å². The number of halogens is 3. The van der Waals surface area contributed by atoms with E-state index < -0.39 is 11.6 Å². The molecule has 4 heteroatoms. The fourth-order valence-electron chi connectivity index (χ4n) is 7.03. The lowest BCUT2D eigenvalue weighted by molar-refractivity contribution is 0.187. The topological polar surface area (TPSA) is 9.23 Å². The van der Waals surface area contributed by atoms with Gasteiger partial charge in [0.25, 0.3) is 0 Å². The van der Waals surface area contributed by atoms with E-state index in [1.165, 1.54) is 63.5 Å². The van der Waals surface area contributed by atoms with Gasteiger partial charge in [0.15, 0.2) is 11.6 Å². The average Bonchev–Trinajstić information content (AvgIpc) is 3.02. The molecule has 0 N–H and O–H groups in total. The van der Waals surface area contributed by atoms with Gasteiger partial charge in [0.2, 0.25) is 5.82 Å². The van der Waals surface area contributed by atoms with Gasteiger partial charge in [-0.15, -0.1) is 0 Å². The molecule has 1 nitrogen and oxygen atoms in total. The second-order valence-electron chi connectivity index (χ2n) is 12.4. The van der Waals surface area contributed by atoms with E-state index in [4.69, 9.17) is 4.74 Å². The van der Waals surface area contributed by atoms with Crippen molar-refractivity contribution in [2.24, 2.45) is 17.8 Å². The Hall–Kier alpha value is -3.01. The van der Waals surface area contributed by atoms with Gasteiger partial charge in [-0.05, 0) is 96.7 Å². The maximum Gasteiger partial charge on any atom is 0.201 e. The van der Waals surface area contributed by atoms with Crippen LogP contribution >= 0.6 is 0 Å². The van der Waals surface area contributed by atoms with Crippen molar-refractivity contribution in [3.05, 3.63) is 83.7 Å². The van der Waals surface area contributed by atoms with Crippen LogP contribution in [0.3, 0.4) is 0 Å². The minimum absolute atomic E-state index is 0.0748. The number of allylic oxidation sites excluding steroid dienone is 2. The van der Waals surface area contributed by atoms with Gasteiger partial charge in [-0.1, -0.05) is 94.8 Å². The Kier molecular flexibility index (Phi) is 10.5. The number of hydrogen-bond acceptors (Lipinski definition) is 1. The third-order valence-corrected chi connectivity index (χ3v) is 9.58. The first-order valence-corrected chi connectivity index (χ1v) is 16.2. The third-order valence-electron chi connectivity index (χ3n) is 9.58. The molecule has 3 aromatic rings. The quantitative estimate of drug-likeness (QED) is 0.207. The molecule has 0 aliphatic heterocycles. The van der Waals surface area contributed by atoms with Gasteiger partial charge < -0.3 is 4.74 Å². The second-order valence-corrected chi connectivity index (χ2v) is 12.4. The second kappa shape index (κ2) is 14.4. The molecule has 5 rings (SSSR count). The smallest absolute Gasteiger partial charge is 0.201 e. The summed E-state index contributed by atoms with van der Waals surface area (Å²) in [6.07, 6.45) is 17.2. The molecule has 0 spiro atoms. The summed E-state index contributed by atoms with van der Waals surface area (Å²) in [6, 6.07) is 15.6. The van der Waals surface area contributed by atoms with E-state index in [0.717, 1.165) is 53.7 Å². The highest BCUT2D eigenvalue weighted by Crippen LogP contribution is 2.43. The average molecular weight is 575 g/mol. The summed E-state index contributed by atoms with van der Waals surface area (Å²) < 4.78 is 49.9. The van der Waals surface area contributed by atoms with Crippen LogP contribution in [-0.4, -0.2) is 6.61 Å². The Labute approximate surface area is 250 Å². The number of rotatable bonds is 11. The Balaban J connectivity index is 1.20. The number of unbranched alkanes of at least 4 members (excludes halogenated alkanes) is 2.